The number of carbonyl (C=O) groups excluding carboxylic acids is 2. The zero-order chi connectivity index (χ0) is 20.8. The maximum Gasteiger partial charge on any atom is 0.258 e. The van der Waals surface area contributed by atoms with E-state index in [9.17, 15) is 9.59 Å². The van der Waals surface area contributed by atoms with E-state index in [4.69, 9.17) is 0 Å². The first-order valence-corrected chi connectivity index (χ1v) is 10.5. The van der Waals surface area contributed by atoms with Crippen molar-refractivity contribution in [3.63, 3.8) is 0 Å². The number of nitrogens with zero attached hydrogens (tertiary/aromatic N) is 2. The summed E-state index contributed by atoms with van der Waals surface area (Å²) in [6.07, 6.45) is 3.26. The maximum atomic E-state index is 13.5. The second-order valence-electron chi connectivity index (χ2n) is 7.65. The summed E-state index contributed by atoms with van der Waals surface area (Å²) < 4.78 is 0. The van der Waals surface area contributed by atoms with Gasteiger partial charge in [-0.05, 0) is 55.2 Å². The van der Waals surface area contributed by atoms with Gasteiger partial charge in [-0.2, -0.15) is 0 Å². The Balaban J connectivity index is 1.62. The molecular formula is C26H26N2O2. The topological polar surface area (TPSA) is 40.6 Å². The number of benzene rings is 3. The molecule has 2 amide bonds. The molecule has 152 valence electrons. The van der Waals surface area contributed by atoms with Crippen LogP contribution in [-0.2, 0) is 6.54 Å². The second kappa shape index (κ2) is 9.40. The summed E-state index contributed by atoms with van der Waals surface area (Å²) in [5.41, 5.74) is 2.99. The van der Waals surface area contributed by atoms with Gasteiger partial charge in [0.2, 0.25) is 0 Å². The molecule has 1 fully saturated rings. The molecule has 1 saturated heterocycles. The van der Waals surface area contributed by atoms with Crippen molar-refractivity contribution in [3.8, 4) is 0 Å². The Bertz CT molecular complexity index is 996. The van der Waals surface area contributed by atoms with Crippen LogP contribution in [0.5, 0.6) is 0 Å². The van der Waals surface area contributed by atoms with E-state index < -0.39 is 0 Å². The molecule has 1 heterocycles. The van der Waals surface area contributed by atoms with Crippen LogP contribution in [0.2, 0.25) is 0 Å². The van der Waals surface area contributed by atoms with E-state index in [2.05, 4.69) is 0 Å². The number of rotatable bonds is 5. The Morgan fingerprint density at radius 1 is 0.733 bits per heavy atom. The van der Waals surface area contributed by atoms with Crippen LogP contribution in [0.3, 0.4) is 0 Å². The summed E-state index contributed by atoms with van der Waals surface area (Å²) in [5.74, 6) is -0.1000. The van der Waals surface area contributed by atoms with E-state index >= 15 is 0 Å². The van der Waals surface area contributed by atoms with Gasteiger partial charge in [-0.3, -0.25) is 9.59 Å². The van der Waals surface area contributed by atoms with Gasteiger partial charge in [-0.1, -0.05) is 54.6 Å². The molecular weight excluding hydrogens is 372 g/mol. The molecule has 0 unspecified atom stereocenters. The van der Waals surface area contributed by atoms with Crippen LogP contribution in [-0.4, -0.2) is 29.8 Å². The van der Waals surface area contributed by atoms with Gasteiger partial charge in [-0.15, -0.1) is 0 Å². The first-order valence-electron chi connectivity index (χ1n) is 10.5. The largest absolute Gasteiger partial charge is 0.339 e. The maximum absolute atomic E-state index is 13.5. The molecule has 0 bridgehead atoms. The summed E-state index contributed by atoms with van der Waals surface area (Å²) in [6, 6.07) is 26.7. The van der Waals surface area contributed by atoms with Crippen LogP contribution in [0.15, 0.2) is 84.9 Å². The van der Waals surface area contributed by atoms with E-state index in [0.29, 0.717) is 17.7 Å². The number of likely N-dealkylation sites (tertiary alicyclic amines) is 1. The quantitative estimate of drug-likeness (QED) is 0.596. The van der Waals surface area contributed by atoms with Gasteiger partial charge >= 0.3 is 0 Å². The number of hydrogen-bond acceptors (Lipinski definition) is 2. The van der Waals surface area contributed by atoms with E-state index in [1.807, 2.05) is 65.6 Å². The SMILES string of the molecule is O=C(c1cccc(C(=O)N(Cc2ccccc2)c2ccccc2)c1)N1CCCCC1. The minimum absolute atomic E-state index is 0.0127. The van der Waals surface area contributed by atoms with E-state index in [-0.39, 0.29) is 11.8 Å². The monoisotopic (exact) mass is 398 g/mol. The Morgan fingerprint density at radius 3 is 2.07 bits per heavy atom. The smallest absolute Gasteiger partial charge is 0.258 e. The summed E-state index contributed by atoms with van der Waals surface area (Å²) >= 11 is 0. The van der Waals surface area contributed by atoms with Crippen LogP contribution in [0.1, 0.15) is 45.5 Å². The van der Waals surface area contributed by atoms with Crippen LogP contribution < -0.4 is 4.90 Å². The van der Waals surface area contributed by atoms with Crippen LogP contribution in [0, 0.1) is 0 Å². The normalized spacial score (nSPS) is 13.7. The van der Waals surface area contributed by atoms with Crippen molar-refractivity contribution >= 4 is 17.5 Å². The third-order valence-electron chi connectivity index (χ3n) is 5.50. The molecule has 1 aliphatic rings. The molecule has 4 nitrogen and oxygen atoms in total. The van der Waals surface area contributed by atoms with Gasteiger partial charge in [0.25, 0.3) is 11.8 Å². The average molecular weight is 399 g/mol. The molecule has 3 aromatic rings. The fraction of sp³-hybridized carbons (Fsp3) is 0.231. The number of para-hydroxylation sites is 1. The van der Waals surface area contributed by atoms with Crippen LogP contribution >= 0.6 is 0 Å². The lowest BCUT2D eigenvalue weighted by atomic mass is 10.1. The molecule has 0 N–H and O–H groups in total. The van der Waals surface area contributed by atoms with Crippen molar-refractivity contribution in [3.05, 3.63) is 102 Å². The van der Waals surface area contributed by atoms with Crippen molar-refractivity contribution in [2.75, 3.05) is 18.0 Å². The highest BCUT2D eigenvalue weighted by molar-refractivity contribution is 6.07. The molecule has 4 heteroatoms. The van der Waals surface area contributed by atoms with Crippen molar-refractivity contribution in [1.82, 2.24) is 4.90 Å². The number of anilines is 1. The standard InChI is InChI=1S/C26H26N2O2/c29-25(27-17-8-3-9-18-27)22-13-10-14-23(19-22)26(30)28(24-15-6-2-7-16-24)20-21-11-4-1-5-12-21/h1-2,4-7,10-16,19H,3,8-9,17-18,20H2. The van der Waals surface area contributed by atoms with Crippen LogP contribution in [0.25, 0.3) is 0 Å². The molecule has 0 aliphatic carbocycles. The zero-order valence-corrected chi connectivity index (χ0v) is 17.0. The lowest BCUT2D eigenvalue weighted by molar-refractivity contribution is 0.0724. The molecule has 0 spiro atoms. The van der Waals surface area contributed by atoms with Gasteiger partial charge in [-0.25, -0.2) is 0 Å². The van der Waals surface area contributed by atoms with E-state index in [1.165, 1.54) is 6.42 Å². The van der Waals surface area contributed by atoms with Crippen molar-refractivity contribution in [1.29, 1.82) is 0 Å². The fourth-order valence-electron chi connectivity index (χ4n) is 3.87. The van der Waals surface area contributed by atoms with E-state index in [1.54, 1.807) is 29.2 Å². The van der Waals surface area contributed by atoms with Gasteiger partial charge in [0.1, 0.15) is 0 Å². The van der Waals surface area contributed by atoms with Crippen molar-refractivity contribution in [2.45, 2.75) is 25.8 Å². The molecule has 30 heavy (non-hydrogen) atoms. The zero-order valence-electron chi connectivity index (χ0n) is 17.0. The lowest BCUT2D eigenvalue weighted by Gasteiger charge is -2.27. The summed E-state index contributed by atoms with van der Waals surface area (Å²) in [4.78, 5) is 30.1. The van der Waals surface area contributed by atoms with E-state index in [0.717, 1.165) is 37.2 Å². The minimum atomic E-state index is -0.113. The highest BCUT2D eigenvalue weighted by Gasteiger charge is 2.22. The summed E-state index contributed by atoms with van der Waals surface area (Å²) in [5, 5.41) is 0. The van der Waals surface area contributed by atoms with Gasteiger partial charge in [0.05, 0.1) is 6.54 Å². The molecule has 0 saturated carbocycles. The fourth-order valence-corrected chi connectivity index (χ4v) is 3.87. The third-order valence-corrected chi connectivity index (χ3v) is 5.50. The third kappa shape index (κ3) is 4.60. The second-order valence-corrected chi connectivity index (χ2v) is 7.65. The molecule has 0 aromatic heterocycles. The molecule has 0 atom stereocenters. The Kier molecular flexibility index (Phi) is 6.23. The Morgan fingerprint density at radius 2 is 1.37 bits per heavy atom. The number of amides is 2. The van der Waals surface area contributed by atoms with Crippen LogP contribution in [0.4, 0.5) is 5.69 Å². The minimum Gasteiger partial charge on any atom is -0.339 e. The van der Waals surface area contributed by atoms with Gasteiger partial charge in [0, 0.05) is 29.9 Å². The highest BCUT2D eigenvalue weighted by atomic mass is 16.2. The molecule has 4 rings (SSSR count). The summed E-state index contributed by atoms with van der Waals surface area (Å²) in [6.45, 7) is 2.05. The first kappa shape index (κ1) is 19.9. The van der Waals surface area contributed by atoms with Crippen molar-refractivity contribution in [2.24, 2.45) is 0 Å². The van der Waals surface area contributed by atoms with Gasteiger partial charge < -0.3 is 9.80 Å². The van der Waals surface area contributed by atoms with Gasteiger partial charge in [0.15, 0.2) is 0 Å². The predicted molar refractivity (Wildman–Crippen MR) is 120 cm³/mol. The highest BCUT2D eigenvalue weighted by Crippen LogP contribution is 2.21. The van der Waals surface area contributed by atoms with Crippen molar-refractivity contribution < 1.29 is 9.59 Å². The first-order chi connectivity index (χ1) is 14.7. The summed E-state index contributed by atoms with van der Waals surface area (Å²) in [7, 11) is 0. The number of carbonyl (C=O) groups is 2. The number of hydrogen-bond donors (Lipinski definition) is 0. The average Bonchev–Trinajstić information content (AvgIpc) is 2.83. The Labute approximate surface area is 177 Å². The number of piperidine rings is 1. The molecule has 1 aliphatic heterocycles. The molecule has 3 aromatic carbocycles. The predicted octanol–water partition coefficient (Wildman–Crippen LogP) is 5.16. The molecule has 0 radical (unpaired) electrons. The Hall–Kier alpha value is -3.40. The lowest BCUT2D eigenvalue weighted by Crippen LogP contribution is -2.36.